The molecule has 8 atom stereocenters. The molecular formula is C27H42O4. The molecule has 0 bridgehead atoms. The number of fused-ring (bicyclic) bond motifs is 5. The number of allylic oxidation sites excluding steroid dienone is 2. The van der Waals surface area contributed by atoms with Crippen molar-refractivity contribution in [1.29, 1.82) is 0 Å². The molecular weight excluding hydrogens is 388 g/mol. The van der Waals surface area contributed by atoms with Gasteiger partial charge in [0.25, 0.3) is 0 Å². The summed E-state index contributed by atoms with van der Waals surface area (Å²) in [7, 11) is 1.81. The number of aliphatic hydroxyl groups excluding tert-OH is 1. The first-order valence-electron chi connectivity index (χ1n) is 13.0. The molecule has 0 amide bonds. The van der Waals surface area contributed by atoms with Crippen LogP contribution in [0.25, 0.3) is 0 Å². The monoisotopic (exact) mass is 430 g/mol. The summed E-state index contributed by atoms with van der Waals surface area (Å²) in [6.07, 6.45) is 14.2. The van der Waals surface area contributed by atoms with Crippen molar-refractivity contribution in [3.05, 3.63) is 11.1 Å². The highest BCUT2D eigenvalue weighted by molar-refractivity contribution is 5.68. The smallest absolute Gasteiger partial charge is 0.160 e. The standard InChI is InChI=1S/C27H42O4/c1-17-7-6-13-27(16-28)21-12-14-26(2)20(10-11-23(26)29)24(21)19(15-22(17)27)25(30-3)31-18-8-4-5-9-18/h16,18-21,23-25,29H,4-15H2,1-3H3/t19-,20-,21-,23-,24-,25?,26-,27-/m0/s1. The summed E-state index contributed by atoms with van der Waals surface area (Å²) in [5.41, 5.74) is 2.54. The van der Waals surface area contributed by atoms with Gasteiger partial charge in [0.2, 0.25) is 0 Å². The fraction of sp³-hybridized carbons (Fsp3) is 0.889. The average molecular weight is 431 g/mol. The Morgan fingerprint density at radius 3 is 2.55 bits per heavy atom. The van der Waals surface area contributed by atoms with Crippen LogP contribution in [0, 0.1) is 34.5 Å². The lowest BCUT2D eigenvalue weighted by molar-refractivity contribution is -0.221. The molecule has 0 spiro atoms. The number of hydrogen-bond donors (Lipinski definition) is 1. The molecule has 4 saturated carbocycles. The van der Waals surface area contributed by atoms with Gasteiger partial charge >= 0.3 is 0 Å². The van der Waals surface area contributed by atoms with Crippen molar-refractivity contribution in [3.63, 3.8) is 0 Å². The summed E-state index contributed by atoms with van der Waals surface area (Å²) in [6.45, 7) is 4.57. The van der Waals surface area contributed by atoms with E-state index in [1.165, 1.54) is 30.3 Å². The SMILES string of the molecule is COC(OC1CCCC1)[C@H]1CC2=C(C)CCC[C@]2(C=O)[C@H]2CC[C@]3(C)[C@@H](O)CC[C@H]3[C@H]12. The Kier molecular flexibility index (Phi) is 5.88. The van der Waals surface area contributed by atoms with E-state index in [4.69, 9.17) is 9.47 Å². The van der Waals surface area contributed by atoms with Gasteiger partial charge in [-0.2, -0.15) is 0 Å². The molecule has 0 aliphatic heterocycles. The number of hydrogen-bond acceptors (Lipinski definition) is 4. The van der Waals surface area contributed by atoms with E-state index >= 15 is 0 Å². The molecule has 174 valence electrons. The van der Waals surface area contributed by atoms with Crippen LogP contribution in [-0.2, 0) is 14.3 Å². The minimum atomic E-state index is -0.288. The Hall–Kier alpha value is -0.710. The fourth-order valence-corrected chi connectivity index (χ4v) is 8.90. The quantitative estimate of drug-likeness (QED) is 0.359. The predicted molar refractivity (Wildman–Crippen MR) is 120 cm³/mol. The van der Waals surface area contributed by atoms with Crippen molar-refractivity contribution in [2.45, 2.75) is 109 Å². The van der Waals surface area contributed by atoms with Crippen molar-refractivity contribution in [1.82, 2.24) is 0 Å². The van der Waals surface area contributed by atoms with E-state index in [0.29, 0.717) is 23.9 Å². The van der Waals surface area contributed by atoms with E-state index in [-0.39, 0.29) is 29.1 Å². The summed E-state index contributed by atoms with van der Waals surface area (Å²) >= 11 is 0. The maximum atomic E-state index is 12.8. The fourth-order valence-electron chi connectivity index (χ4n) is 8.90. The number of carbonyl (C=O) groups is 1. The van der Waals surface area contributed by atoms with Gasteiger partial charge in [-0.1, -0.05) is 30.9 Å². The normalized spacial score (nSPS) is 46.4. The first kappa shape index (κ1) is 22.1. The Morgan fingerprint density at radius 1 is 1.06 bits per heavy atom. The summed E-state index contributed by atoms with van der Waals surface area (Å²) in [4.78, 5) is 12.8. The molecule has 5 aliphatic rings. The molecule has 5 aliphatic carbocycles. The van der Waals surface area contributed by atoms with E-state index in [2.05, 4.69) is 13.8 Å². The van der Waals surface area contributed by atoms with Crippen LogP contribution in [0.5, 0.6) is 0 Å². The molecule has 0 aromatic heterocycles. The third kappa shape index (κ3) is 3.30. The van der Waals surface area contributed by atoms with Crippen LogP contribution >= 0.6 is 0 Å². The third-order valence-corrected chi connectivity index (χ3v) is 10.5. The largest absolute Gasteiger partial charge is 0.393 e. The van der Waals surface area contributed by atoms with Gasteiger partial charge in [-0.15, -0.1) is 0 Å². The second-order valence-corrected chi connectivity index (χ2v) is 11.7. The van der Waals surface area contributed by atoms with Crippen molar-refractivity contribution < 1.29 is 19.4 Å². The van der Waals surface area contributed by atoms with Gasteiger partial charge in [-0.3, -0.25) is 0 Å². The zero-order valence-electron chi connectivity index (χ0n) is 19.8. The van der Waals surface area contributed by atoms with Crippen LogP contribution in [0.2, 0.25) is 0 Å². The average Bonchev–Trinajstić information content (AvgIpc) is 3.39. The Bertz CT molecular complexity index is 725. The highest BCUT2D eigenvalue weighted by atomic mass is 16.7. The maximum absolute atomic E-state index is 12.8. The number of aliphatic hydroxyl groups is 1. The first-order chi connectivity index (χ1) is 14.9. The number of aldehydes is 1. The highest BCUT2D eigenvalue weighted by Gasteiger charge is 2.63. The second kappa shape index (κ2) is 8.25. The first-order valence-corrected chi connectivity index (χ1v) is 13.0. The van der Waals surface area contributed by atoms with Crippen LogP contribution in [0.3, 0.4) is 0 Å². The minimum absolute atomic E-state index is 0.0277. The molecule has 0 saturated heterocycles. The molecule has 4 heteroatoms. The van der Waals surface area contributed by atoms with Crippen molar-refractivity contribution in [3.8, 4) is 0 Å². The number of ether oxygens (including phenoxy) is 2. The van der Waals surface area contributed by atoms with E-state index in [1.807, 2.05) is 7.11 Å². The molecule has 0 radical (unpaired) electrons. The van der Waals surface area contributed by atoms with Gasteiger partial charge in [-0.05, 0) is 94.3 Å². The molecule has 4 nitrogen and oxygen atoms in total. The van der Waals surface area contributed by atoms with E-state index in [1.54, 1.807) is 0 Å². The minimum Gasteiger partial charge on any atom is -0.393 e. The molecule has 31 heavy (non-hydrogen) atoms. The Labute approximate surface area is 188 Å². The zero-order valence-corrected chi connectivity index (χ0v) is 19.8. The van der Waals surface area contributed by atoms with E-state index in [0.717, 1.165) is 64.2 Å². The van der Waals surface area contributed by atoms with Crippen molar-refractivity contribution >= 4 is 6.29 Å². The third-order valence-electron chi connectivity index (χ3n) is 10.5. The van der Waals surface area contributed by atoms with Gasteiger partial charge in [-0.25, -0.2) is 0 Å². The predicted octanol–water partition coefficient (Wildman–Crippen LogP) is 5.43. The molecule has 0 aromatic rings. The van der Waals surface area contributed by atoms with Crippen LogP contribution in [0.15, 0.2) is 11.1 Å². The number of carbonyl (C=O) groups excluding carboxylic acids is 1. The lowest BCUT2D eigenvalue weighted by Gasteiger charge is -2.60. The Morgan fingerprint density at radius 2 is 1.84 bits per heavy atom. The van der Waals surface area contributed by atoms with Crippen LogP contribution in [0.4, 0.5) is 0 Å². The molecule has 4 fully saturated rings. The van der Waals surface area contributed by atoms with Gasteiger partial charge in [0.1, 0.15) is 6.29 Å². The van der Waals surface area contributed by atoms with Crippen LogP contribution < -0.4 is 0 Å². The second-order valence-electron chi connectivity index (χ2n) is 11.7. The van der Waals surface area contributed by atoms with Gasteiger partial charge < -0.3 is 19.4 Å². The summed E-state index contributed by atoms with van der Waals surface area (Å²) < 4.78 is 12.7. The van der Waals surface area contributed by atoms with Gasteiger partial charge in [0.05, 0.1) is 17.6 Å². The molecule has 1 unspecified atom stereocenters. The van der Waals surface area contributed by atoms with Crippen molar-refractivity contribution in [2.24, 2.45) is 34.5 Å². The maximum Gasteiger partial charge on any atom is 0.160 e. The highest BCUT2D eigenvalue weighted by Crippen LogP contribution is 2.67. The summed E-state index contributed by atoms with van der Waals surface area (Å²) in [5.74, 6) is 1.49. The summed E-state index contributed by atoms with van der Waals surface area (Å²) in [6, 6.07) is 0. The zero-order chi connectivity index (χ0) is 21.8. The van der Waals surface area contributed by atoms with Crippen LogP contribution in [0.1, 0.15) is 90.9 Å². The molecule has 5 rings (SSSR count). The Balaban J connectivity index is 1.56. The van der Waals surface area contributed by atoms with E-state index in [9.17, 15) is 9.90 Å². The van der Waals surface area contributed by atoms with Gasteiger partial charge in [0, 0.05) is 13.0 Å². The molecule has 1 N–H and O–H groups in total. The topological polar surface area (TPSA) is 55.8 Å². The van der Waals surface area contributed by atoms with E-state index < -0.39 is 0 Å². The van der Waals surface area contributed by atoms with Gasteiger partial charge in [0.15, 0.2) is 6.29 Å². The number of methoxy groups -OCH3 is 1. The number of rotatable bonds is 5. The lowest BCUT2D eigenvalue weighted by Crippen LogP contribution is -2.58. The summed E-state index contributed by atoms with van der Waals surface area (Å²) in [5, 5.41) is 10.9. The molecule has 0 aromatic carbocycles. The van der Waals surface area contributed by atoms with Crippen LogP contribution in [-0.4, -0.2) is 37.0 Å². The molecule has 0 heterocycles. The lowest BCUT2D eigenvalue weighted by atomic mass is 9.44. The van der Waals surface area contributed by atoms with Crippen molar-refractivity contribution in [2.75, 3.05) is 7.11 Å².